The van der Waals surface area contributed by atoms with E-state index in [1.54, 1.807) is 44.9 Å². The van der Waals surface area contributed by atoms with Crippen LogP contribution in [0.4, 0.5) is 0 Å². The summed E-state index contributed by atoms with van der Waals surface area (Å²) >= 11 is 0. The molecule has 1 aliphatic heterocycles. The molecular formula is C35H60N4O7. The zero-order valence-electron chi connectivity index (χ0n) is 29.7. The molecule has 0 aromatic heterocycles. The van der Waals surface area contributed by atoms with Gasteiger partial charge in [-0.25, -0.2) is 0 Å². The van der Waals surface area contributed by atoms with E-state index in [9.17, 15) is 24.3 Å². The van der Waals surface area contributed by atoms with Crippen molar-refractivity contribution in [1.82, 2.24) is 20.4 Å². The highest BCUT2D eigenvalue weighted by molar-refractivity contribution is 5.87. The van der Waals surface area contributed by atoms with Gasteiger partial charge in [0.15, 0.2) is 0 Å². The van der Waals surface area contributed by atoms with Crippen LogP contribution in [0.15, 0.2) is 23.8 Å². The molecule has 0 aromatic rings. The molecular weight excluding hydrogens is 588 g/mol. The highest BCUT2D eigenvalue weighted by Crippen LogP contribution is 2.30. The van der Waals surface area contributed by atoms with E-state index in [1.807, 2.05) is 45.9 Å². The lowest BCUT2D eigenvalue weighted by molar-refractivity contribution is -0.147. The molecule has 0 aromatic carbocycles. The number of allylic oxidation sites excluding steroid dienone is 2. The maximum atomic E-state index is 14.0. The molecule has 1 heterocycles. The third-order valence-electron chi connectivity index (χ3n) is 9.76. The van der Waals surface area contributed by atoms with Crippen LogP contribution in [-0.2, 0) is 28.7 Å². The van der Waals surface area contributed by atoms with Crippen LogP contribution in [0.25, 0.3) is 0 Å². The number of rotatable bonds is 17. The van der Waals surface area contributed by atoms with E-state index >= 15 is 0 Å². The van der Waals surface area contributed by atoms with Crippen LogP contribution in [0.1, 0.15) is 87.0 Å². The Morgan fingerprint density at radius 1 is 1.07 bits per heavy atom. The summed E-state index contributed by atoms with van der Waals surface area (Å²) < 4.78 is 11.8. The number of carbonyl (C=O) groups is 4. The van der Waals surface area contributed by atoms with Gasteiger partial charge in [-0.3, -0.25) is 19.2 Å². The van der Waals surface area contributed by atoms with Crippen molar-refractivity contribution in [2.75, 3.05) is 27.8 Å². The minimum absolute atomic E-state index is 0.0128. The predicted octanol–water partition coefficient (Wildman–Crippen LogP) is 3.21. The molecule has 2 rings (SSSR count). The number of likely N-dealkylation sites (tertiary alicyclic amines) is 1. The van der Waals surface area contributed by atoms with Gasteiger partial charge in [0.2, 0.25) is 23.6 Å². The van der Waals surface area contributed by atoms with Crippen molar-refractivity contribution in [3.8, 4) is 0 Å². The van der Waals surface area contributed by atoms with E-state index in [-0.39, 0.29) is 47.9 Å². The average Bonchev–Trinajstić information content (AvgIpc) is 3.52. The molecule has 1 fully saturated rings. The van der Waals surface area contributed by atoms with E-state index in [1.165, 1.54) is 6.92 Å². The van der Waals surface area contributed by atoms with Crippen molar-refractivity contribution < 1.29 is 33.8 Å². The molecule has 2 aliphatic rings. The van der Waals surface area contributed by atoms with Crippen LogP contribution in [0.3, 0.4) is 0 Å². The third-order valence-corrected chi connectivity index (χ3v) is 9.76. The largest absolute Gasteiger partial charge is 0.386 e. The van der Waals surface area contributed by atoms with Crippen molar-refractivity contribution in [1.29, 1.82) is 0 Å². The van der Waals surface area contributed by atoms with Gasteiger partial charge in [0.25, 0.3) is 0 Å². The summed E-state index contributed by atoms with van der Waals surface area (Å²) in [6.45, 7) is 13.3. The highest BCUT2D eigenvalue weighted by atomic mass is 16.5. The Hall–Kier alpha value is -2.76. The molecule has 0 unspecified atom stereocenters. The molecule has 0 bridgehead atoms. The number of likely N-dealkylation sites (N-methyl/N-ethyl adjacent to an activating group) is 1. The molecule has 11 heteroatoms. The Morgan fingerprint density at radius 2 is 1.74 bits per heavy atom. The van der Waals surface area contributed by atoms with Crippen LogP contribution in [0.5, 0.6) is 0 Å². The van der Waals surface area contributed by atoms with Crippen LogP contribution in [0, 0.1) is 17.8 Å². The van der Waals surface area contributed by atoms with Gasteiger partial charge >= 0.3 is 0 Å². The fourth-order valence-electron chi connectivity index (χ4n) is 6.83. The average molecular weight is 649 g/mol. The fraction of sp³-hybridized carbons (Fsp3) is 0.771. The number of nitrogens with zero attached hydrogens (tertiary/aromatic N) is 2. The molecule has 11 nitrogen and oxygen atoms in total. The summed E-state index contributed by atoms with van der Waals surface area (Å²) in [6.07, 6.45) is 8.04. The first-order valence-corrected chi connectivity index (χ1v) is 16.9. The number of aliphatic hydroxyl groups excluding tert-OH is 1. The monoisotopic (exact) mass is 648 g/mol. The number of hydrogen-bond acceptors (Lipinski definition) is 7. The lowest BCUT2D eigenvalue weighted by Crippen LogP contribution is -2.57. The van der Waals surface area contributed by atoms with E-state index in [0.717, 1.165) is 31.3 Å². The predicted molar refractivity (Wildman–Crippen MR) is 179 cm³/mol. The zero-order chi connectivity index (χ0) is 34.7. The third kappa shape index (κ3) is 10.1. The SMILES string of the molecule is CC[C@H](C)[C@@H]([C@@H](CC(=O)N1CCC[C@H]1[C@H](OC)[C@@H](C)C(=O)N[C@H](C)[C@@H](O)C1=CCCC=C1)OC)N(C)C(=O)[C@@H](NC(C)=O)C(C)C. The number of amides is 4. The second kappa shape index (κ2) is 18.5. The Morgan fingerprint density at radius 3 is 2.26 bits per heavy atom. The van der Waals surface area contributed by atoms with Gasteiger partial charge in [-0.15, -0.1) is 0 Å². The number of ether oxygens (including phenoxy) is 2. The summed E-state index contributed by atoms with van der Waals surface area (Å²) in [4.78, 5) is 56.3. The van der Waals surface area contributed by atoms with Crippen molar-refractivity contribution in [3.05, 3.63) is 23.8 Å². The number of methoxy groups -OCH3 is 2. The Labute approximate surface area is 276 Å². The van der Waals surface area contributed by atoms with Gasteiger partial charge in [0.05, 0.1) is 48.8 Å². The lowest BCUT2D eigenvalue weighted by atomic mass is 9.89. The topological polar surface area (TPSA) is 138 Å². The summed E-state index contributed by atoms with van der Waals surface area (Å²) in [5.41, 5.74) is 0.799. The molecule has 0 spiro atoms. The first kappa shape index (κ1) is 39.4. The molecule has 262 valence electrons. The molecule has 1 aliphatic carbocycles. The Balaban J connectivity index is 2.20. The molecule has 1 saturated heterocycles. The maximum absolute atomic E-state index is 14.0. The van der Waals surface area contributed by atoms with Gasteiger partial charge < -0.3 is 35.0 Å². The number of carbonyl (C=O) groups excluding carboxylic acids is 4. The minimum Gasteiger partial charge on any atom is -0.386 e. The van der Waals surface area contributed by atoms with Gasteiger partial charge in [-0.2, -0.15) is 0 Å². The maximum Gasteiger partial charge on any atom is 0.245 e. The lowest BCUT2D eigenvalue weighted by Gasteiger charge is -2.40. The zero-order valence-corrected chi connectivity index (χ0v) is 29.7. The van der Waals surface area contributed by atoms with Crippen LogP contribution in [0.2, 0.25) is 0 Å². The Bertz CT molecular complexity index is 1090. The molecule has 0 saturated carbocycles. The van der Waals surface area contributed by atoms with E-state index < -0.39 is 42.4 Å². The number of hydrogen-bond donors (Lipinski definition) is 3. The fourth-order valence-corrected chi connectivity index (χ4v) is 6.83. The van der Waals surface area contributed by atoms with Crippen LogP contribution < -0.4 is 10.6 Å². The molecule has 4 amide bonds. The second-order valence-corrected chi connectivity index (χ2v) is 13.4. The molecule has 0 radical (unpaired) electrons. The van der Waals surface area contributed by atoms with Crippen LogP contribution in [-0.4, -0.2) is 109 Å². The molecule has 9 atom stereocenters. The first-order chi connectivity index (χ1) is 21.7. The molecule has 3 N–H and O–H groups in total. The van der Waals surface area contributed by atoms with Crippen molar-refractivity contribution in [3.63, 3.8) is 0 Å². The number of aliphatic hydroxyl groups is 1. The van der Waals surface area contributed by atoms with E-state index in [0.29, 0.717) is 13.0 Å². The smallest absolute Gasteiger partial charge is 0.245 e. The van der Waals surface area contributed by atoms with Gasteiger partial charge in [-0.1, -0.05) is 59.3 Å². The molecule has 46 heavy (non-hydrogen) atoms. The van der Waals surface area contributed by atoms with E-state index in [2.05, 4.69) is 10.6 Å². The van der Waals surface area contributed by atoms with Gasteiger partial charge in [0.1, 0.15) is 6.04 Å². The Kier molecular flexibility index (Phi) is 15.9. The first-order valence-electron chi connectivity index (χ1n) is 16.9. The van der Waals surface area contributed by atoms with Crippen molar-refractivity contribution in [2.45, 2.75) is 129 Å². The van der Waals surface area contributed by atoms with Crippen LogP contribution >= 0.6 is 0 Å². The van der Waals surface area contributed by atoms with Crippen molar-refractivity contribution in [2.24, 2.45) is 17.8 Å². The van der Waals surface area contributed by atoms with E-state index in [4.69, 9.17) is 9.47 Å². The quantitative estimate of drug-likeness (QED) is 0.220. The van der Waals surface area contributed by atoms with Gasteiger partial charge in [-0.05, 0) is 50.0 Å². The normalized spacial score (nSPS) is 21.8. The summed E-state index contributed by atoms with van der Waals surface area (Å²) in [5, 5.41) is 16.5. The second-order valence-electron chi connectivity index (χ2n) is 13.4. The summed E-state index contributed by atoms with van der Waals surface area (Å²) in [7, 11) is 4.83. The highest BCUT2D eigenvalue weighted by Gasteiger charge is 2.43. The van der Waals surface area contributed by atoms with Gasteiger partial charge in [0, 0.05) is 34.7 Å². The summed E-state index contributed by atoms with van der Waals surface area (Å²) in [6, 6.07) is -1.91. The summed E-state index contributed by atoms with van der Waals surface area (Å²) in [5.74, 6) is -1.56. The van der Waals surface area contributed by atoms with Crippen molar-refractivity contribution >= 4 is 23.6 Å². The number of nitrogens with one attached hydrogen (secondary N) is 2. The standard InChI is InChI=1S/C35H60N4O7/c1-11-22(4)31(38(8)35(44)30(21(2)3)37-25(7)40)28(45-9)20-29(41)39-19-15-18-27(39)33(46-10)23(5)34(43)36-24(6)32(42)26-16-13-12-14-17-26/h13,16-17,21-24,27-28,30-33,42H,11-12,14-15,18-20H2,1-10H3,(H,36,43)(H,37,40)/t22-,23+,24+,27-,28+,30-,31-,32+,33+/m0/s1. The minimum atomic E-state index is -0.818.